The summed E-state index contributed by atoms with van der Waals surface area (Å²) in [6, 6.07) is 7.39. The molecule has 1 aromatic carbocycles. The fourth-order valence-electron chi connectivity index (χ4n) is 1.70. The first kappa shape index (κ1) is 15.4. The number of benzene rings is 1. The lowest BCUT2D eigenvalue weighted by Crippen LogP contribution is -2.34. The molecule has 0 saturated carbocycles. The predicted molar refractivity (Wildman–Crippen MR) is 82.0 cm³/mol. The zero-order valence-electron chi connectivity index (χ0n) is 11.3. The van der Waals surface area contributed by atoms with E-state index >= 15 is 0 Å². The van der Waals surface area contributed by atoms with E-state index < -0.39 is 6.09 Å². The Morgan fingerprint density at radius 3 is 2.67 bits per heavy atom. The SMILES string of the molecule is C=CCOC(=O)NC(=S)Nc1ccc(C2OCCO2)cc1. The highest BCUT2D eigenvalue weighted by Crippen LogP contribution is 2.24. The van der Waals surface area contributed by atoms with Gasteiger partial charge in [-0.05, 0) is 24.4 Å². The standard InChI is InChI=1S/C14H16N2O4S/c1-2-7-20-14(17)16-13(21)15-11-5-3-10(4-6-11)12-18-8-9-19-12/h2-6,12H,1,7-9H2,(H2,15,16,17,21). The normalized spacial score (nSPS) is 14.5. The molecule has 0 radical (unpaired) electrons. The molecule has 112 valence electrons. The van der Waals surface area contributed by atoms with Crippen molar-refractivity contribution in [2.75, 3.05) is 25.1 Å². The fourth-order valence-corrected chi connectivity index (χ4v) is 1.90. The van der Waals surface area contributed by atoms with E-state index in [9.17, 15) is 4.79 Å². The second-order valence-electron chi connectivity index (χ2n) is 4.16. The van der Waals surface area contributed by atoms with Crippen molar-refractivity contribution >= 4 is 29.1 Å². The maximum atomic E-state index is 11.3. The van der Waals surface area contributed by atoms with Crippen LogP contribution >= 0.6 is 12.2 Å². The van der Waals surface area contributed by atoms with Gasteiger partial charge in [0.1, 0.15) is 6.61 Å². The van der Waals surface area contributed by atoms with Crippen molar-refractivity contribution in [1.29, 1.82) is 0 Å². The molecule has 0 unspecified atom stereocenters. The lowest BCUT2D eigenvalue weighted by atomic mass is 10.2. The van der Waals surface area contributed by atoms with E-state index in [1.807, 2.05) is 24.3 Å². The molecule has 1 aromatic rings. The summed E-state index contributed by atoms with van der Waals surface area (Å²) >= 11 is 5.00. The van der Waals surface area contributed by atoms with Gasteiger partial charge in [0.05, 0.1) is 13.2 Å². The number of carbonyl (C=O) groups is 1. The zero-order valence-corrected chi connectivity index (χ0v) is 12.2. The van der Waals surface area contributed by atoms with Crippen LogP contribution in [0.4, 0.5) is 10.5 Å². The predicted octanol–water partition coefficient (Wildman–Crippen LogP) is 2.34. The number of rotatable bonds is 4. The maximum Gasteiger partial charge on any atom is 0.413 e. The highest BCUT2D eigenvalue weighted by Gasteiger charge is 2.17. The molecule has 0 aliphatic carbocycles. The van der Waals surface area contributed by atoms with Crippen molar-refractivity contribution in [1.82, 2.24) is 5.32 Å². The molecule has 21 heavy (non-hydrogen) atoms. The van der Waals surface area contributed by atoms with Gasteiger partial charge in [-0.3, -0.25) is 5.32 Å². The van der Waals surface area contributed by atoms with Gasteiger partial charge in [0.2, 0.25) is 0 Å². The van der Waals surface area contributed by atoms with Crippen molar-refractivity contribution in [3.05, 3.63) is 42.5 Å². The van der Waals surface area contributed by atoms with E-state index in [1.165, 1.54) is 6.08 Å². The fraction of sp³-hybridized carbons (Fsp3) is 0.286. The van der Waals surface area contributed by atoms with Crippen LogP contribution in [0.2, 0.25) is 0 Å². The summed E-state index contributed by atoms with van der Waals surface area (Å²) in [6.07, 6.45) is 0.539. The summed E-state index contributed by atoms with van der Waals surface area (Å²) in [5.41, 5.74) is 1.67. The third kappa shape index (κ3) is 4.82. The summed E-state index contributed by atoms with van der Waals surface area (Å²) in [6.45, 7) is 4.78. The molecule has 0 aromatic heterocycles. The van der Waals surface area contributed by atoms with Gasteiger partial charge in [-0.15, -0.1) is 0 Å². The van der Waals surface area contributed by atoms with E-state index in [0.29, 0.717) is 13.2 Å². The Hall–Kier alpha value is -1.96. The van der Waals surface area contributed by atoms with Crippen LogP contribution in [-0.2, 0) is 14.2 Å². The van der Waals surface area contributed by atoms with Crippen molar-refractivity contribution in [3.63, 3.8) is 0 Å². The molecule has 1 fully saturated rings. The van der Waals surface area contributed by atoms with Crippen molar-refractivity contribution in [2.24, 2.45) is 0 Å². The average molecular weight is 308 g/mol. The van der Waals surface area contributed by atoms with Gasteiger partial charge in [-0.1, -0.05) is 24.8 Å². The van der Waals surface area contributed by atoms with E-state index in [0.717, 1.165) is 11.3 Å². The van der Waals surface area contributed by atoms with Crippen LogP contribution in [0.3, 0.4) is 0 Å². The Morgan fingerprint density at radius 1 is 1.38 bits per heavy atom. The van der Waals surface area contributed by atoms with Gasteiger partial charge in [-0.2, -0.15) is 0 Å². The Morgan fingerprint density at radius 2 is 2.05 bits per heavy atom. The van der Waals surface area contributed by atoms with Crippen LogP contribution in [0.1, 0.15) is 11.9 Å². The first-order valence-corrected chi connectivity index (χ1v) is 6.78. The minimum Gasteiger partial charge on any atom is -0.445 e. The molecule has 1 aliphatic rings. The van der Waals surface area contributed by atoms with Gasteiger partial charge in [0, 0.05) is 11.3 Å². The second kappa shape index (κ2) is 7.72. The number of anilines is 1. The summed E-state index contributed by atoms with van der Waals surface area (Å²) < 4.78 is 15.6. The largest absolute Gasteiger partial charge is 0.445 e. The molecule has 0 spiro atoms. The Kier molecular flexibility index (Phi) is 5.68. The van der Waals surface area contributed by atoms with Crippen LogP contribution in [0.5, 0.6) is 0 Å². The molecule has 2 N–H and O–H groups in total. The number of carbonyl (C=O) groups excluding carboxylic acids is 1. The first-order chi connectivity index (χ1) is 10.2. The molecule has 1 saturated heterocycles. The number of ether oxygens (including phenoxy) is 3. The van der Waals surface area contributed by atoms with Crippen molar-refractivity contribution < 1.29 is 19.0 Å². The Bertz CT molecular complexity index is 512. The molecule has 1 aliphatic heterocycles. The van der Waals surface area contributed by atoms with E-state index in [2.05, 4.69) is 17.2 Å². The van der Waals surface area contributed by atoms with E-state index in [1.54, 1.807) is 0 Å². The number of amides is 1. The summed E-state index contributed by atoms with van der Waals surface area (Å²) in [7, 11) is 0. The molecule has 2 rings (SSSR count). The molecule has 1 heterocycles. The summed E-state index contributed by atoms with van der Waals surface area (Å²) in [5, 5.41) is 5.43. The van der Waals surface area contributed by atoms with Crippen molar-refractivity contribution in [2.45, 2.75) is 6.29 Å². The first-order valence-electron chi connectivity index (χ1n) is 6.38. The zero-order chi connectivity index (χ0) is 15.1. The quantitative estimate of drug-likeness (QED) is 0.657. The highest BCUT2D eigenvalue weighted by molar-refractivity contribution is 7.80. The summed E-state index contributed by atoms with van der Waals surface area (Å²) in [4.78, 5) is 11.3. The number of alkyl carbamates (subject to hydrolysis) is 1. The van der Waals surface area contributed by atoms with E-state index in [-0.39, 0.29) is 18.0 Å². The Balaban J connectivity index is 1.83. The minimum absolute atomic E-state index is 0.129. The molecule has 1 amide bonds. The molecular weight excluding hydrogens is 292 g/mol. The monoisotopic (exact) mass is 308 g/mol. The summed E-state index contributed by atoms with van der Waals surface area (Å²) in [5.74, 6) is 0. The average Bonchev–Trinajstić information content (AvgIpc) is 3.00. The molecule has 7 heteroatoms. The number of hydrogen-bond donors (Lipinski definition) is 2. The third-order valence-electron chi connectivity index (χ3n) is 2.61. The number of hydrogen-bond acceptors (Lipinski definition) is 5. The van der Waals surface area contributed by atoms with Crippen LogP contribution in [0, 0.1) is 0 Å². The molecular formula is C14H16N2O4S. The molecule has 0 atom stereocenters. The van der Waals surface area contributed by atoms with Gasteiger partial charge in [0.15, 0.2) is 11.4 Å². The van der Waals surface area contributed by atoms with Gasteiger partial charge < -0.3 is 19.5 Å². The van der Waals surface area contributed by atoms with Gasteiger partial charge in [0.25, 0.3) is 0 Å². The molecule has 0 bridgehead atoms. The molecule has 6 nitrogen and oxygen atoms in total. The van der Waals surface area contributed by atoms with Crippen molar-refractivity contribution in [3.8, 4) is 0 Å². The lowest BCUT2D eigenvalue weighted by molar-refractivity contribution is -0.0441. The van der Waals surface area contributed by atoms with Gasteiger partial charge in [-0.25, -0.2) is 4.79 Å². The smallest absolute Gasteiger partial charge is 0.413 e. The second-order valence-corrected chi connectivity index (χ2v) is 4.57. The van der Waals surface area contributed by atoms with Crippen LogP contribution < -0.4 is 10.6 Å². The van der Waals surface area contributed by atoms with Crippen LogP contribution in [0.15, 0.2) is 36.9 Å². The Labute approximate surface area is 128 Å². The van der Waals surface area contributed by atoms with Crippen LogP contribution in [0.25, 0.3) is 0 Å². The van der Waals surface area contributed by atoms with Gasteiger partial charge >= 0.3 is 6.09 Å². The topological polar surface area (TPSA) is 68.8 Å². The number of nitrogens with one attached hydrogen (secondary N) is 2. The number of thiocarbonyl (C=S) groups is 1. The lowest BCUT2D eigenvalue weighted by Gasteiger charge is -2.12. The highest BCUT2D eigenvalue weighted by atomic mass is 32.1. The minimum atomic E-state index is -0.628. The van der Waals surface area contributed by atoms with Crippen LogP contribution in [-0.4, -0.2) is 31.0 Å². The van der Waals surface area contributed by atoms with E-state index in [4.69, 9.17) is 26.4 Å². The third-order valence-corrected chi connectivity index (χ3v) is 2.81. The maximum absolute atomic E-state index is 11.3.